The van der Waals surface area contributed by atoms with Crippen LogP contribution in [0.3, 0.4) is 0 Å². The number of benzene rings is 2. The second kappa shape index (κ2) is 8.47. The zero-order chi connectivity index (χ0) is 21.0. The molecule has 2 N–H and O–H groups in total. The zero-order valence-corrected chi connectivity index (χ0v) is 16.4. The average molecular weight is 391 g/mol. The molecule has 1 aromatic heterocycles. The molecule has 3 aromatic rings. The van der Waals surface area contributed by atoms with Crippen molar-refractivity contribution in [1.29, 1.82) is 0 Å². The molecule has 0 atom stereocenters. The number of carbonyl (C=O) groups excluding carboxylic acids is 1. The number of aryl methyl sites for hydroxylation is 3. The maximum atomic E-state index is 12.7. The third kappa shape index (κ3) is 4.73. The zero-order valence-electron chi connectivity index (χ0n) is 16.4. The van der Waals surface area contributed by atoms with Crippen LogP contribution >= 0.6 is 0 Å². The predicted octanol–water partition coefficient (Wildman–Crippen LogP) is 4.56. The minimum absolute atomic E-state index is 0.0119. The summed E-state index contributed by atoms with van der Waals surface area (Å²) in [6.07, 6.45) is 2.22. The van der Waals surface area contributed by atoms with E-state index in [-0.39, 0.29) is 11.6 Å². The molecule has 0 unspecified atom stereocenters. The quantitative estimate of drug-likeness (QED) is 0.471. The highest BCUT2D eigenvalue weighted by Gasteiger charge is 2.15. The van der Waals surface area contributed by atoms with Gasteiger partial charge in [0.05, 0.1) is 4.92 Å². The van der Waals surface area contributed by atoms with Gasteiger partial charge >= 0.3 is 0 Å². The third-order valence-corrected chi connectivity index (χ3v) is 4.47. The number of nitro benzene ring substituents is 1. The molecule has 8 heteroatoms. The summed E-state index contributed by atoms with van der Waals surface area (Å²) in [5.41, 5.74) is 4.05. The minimum Gasteiger partial charge on any atom is -0.340 e. The predicted molar refractivity (Wildman–Crippen MR) is 112 cm³/mol. The molecule has 3 rings (SSSR count). The number of nitrogens with zero attached hydrogens (tertiary/aromatic N) is 3. The van der Waals surface area contributed by atoms with Crippen LogP contribution in [0.1, 0.15) is 34.1 Å². The lowest BCUT2D eigenvalue weighted by atomic mass is 10.1. The lowest BCUT2D eigenvalue weighted by molar-refractivity contribution is -0.385. The van der Waals surface area contributed by atoms with Crippen LogP contribution in [0.4, 0.5) is 22.9 Å². The smallest absolute Gasteiger partial charge is 0.272 e. The van der Waals surface area contributed by atoms with E-state index in [2.05, 4.69) is 20.6 Å². The van der Waals surface area contributed by atoms with Crippen LogP contribution in [0.5, 0.6) is 0 Å². The monoisotopic (exact) mass is 391 g/mol. The van der Waals surface area contributed by atoms with E-state index >= 15 is 0 Å². The molecule has 1 amide bonds. The van der Waals surface area contributed by atoms with E-state index in [1.54, 1.807) is 6.92 Å². The van der Waals surface area contributed by atoms with E-state index in [0.29, 0.717) is 22.6 Å². The molecule has 0 saturated carbocycles. The fourth-order valence-corrected chi connectivity index (χ4v) is 2.95. The van der Waals surface area contributed by atoms with E-state index in [0.717, 1.165) is 23.4 Å². The second-order valence-electron chi connectivity index (χ2n) is 6.61. The number of nitrogens with one attached hydrogen (secondary N) is 2. The highest BCUT2D eigenvalue weighted by molar-refractivity contribution is 6.05. The molecule has 0 saturated heterocycles. The highest BCUT2D eigenvalue weighted by Crippen LogP contribution is 2.25. The molecule has 0 spiro atoms. The SMILES string of the molecule is CCc1ccc(Nc2cc(C)ncn2)cc1NC(=O)c1ccc([N+](=O)[O-])c(C)c1. The van der Waals surface area contributed by atoms with Gasteiger partial charge in [-0.3, -0.25) is 14.9 Å². The maximum absolute atomic E-state index is 12.7. The number of rotatable bonds is 6. The Kier molecular flexibility index (Phi) is 5.82. The Labute approximate surface area is 168 Å². The number of aromatic nitrogens is 2. The van der Waals surface area contributed by atoms with Crippen LogP contribution in [0.15, 0.2) is 48.8 Å². The van der Waals surface area contributed by atoms with Crippen LogP contribution in [-0.4, -0.2) is 20.8 Å². The summed E-state index contributed by atoms with van der Waals surface area (Å²) in [6, 6.07) is 11.8. The molecule has 8 nitrogen and oxygen atoms in total. The third-order valence-electron chi connectivity index (χ3n) is 4.47. The van der Waals surface area contributed by atoms with Crippen molar-refractivity contribution in [2.24, 2.45) is 0 Å². The van der Waals surface area contributed by atoms with Crippen LogP contribution in [0.25, 0.3) is 0 Å². The summed E-state index contributed by atoms with van der Waals surface area (Å²) in [6.45, 7) is 5.49. The van der Waals surface area contributed by atoms with Gasteiger partial charge in [0, 0.05) is 40.3 Å². The maximum Gasteiger partial charge on any atom is 0.272 e. The van der Waals surface area contributed by atoms with Gasteiger partial charge in [-0.2, -0.15) is 0 Å². The lowest BCUT2D eigenvalue weighted by Gasteiger charge is -2.13. The minimum atomic E-state index is -0.462. The van der Waals surface area contributed by atoms with Gasteiger partial charge < -0.3 is 10.6 Å². The Morgan fingerprint density at radius 3 is 2.55 bits per heavy atom. The van der Waals surface area contributed by atoms with Crippen LogP contribution in [0.2, 0.25) is 0 Å². The first-order valence-corrected chi connectivity index (χ1v) is 9.12. The van der Waals surface area contributed by atoms with E-state index in [9.17, 15) is 14.9 Å². The molecule has 148 valence electrons. The Morgan fingerprint density at radius 1 is 1.10 bits per heavy atom. The summed E-state index contributed by atoms with van der Waals surface area (Å²) in [5.74, 6) is 0.331. The largest absolute Gasteiger partial charge is 0.340 e. The standard InChI is InChI=1S/C21H21N5O3/c1-4-15-5-7-17(24-20-10-14(3)22-12-23-20)11-18(15)25-21(27)16-6-8-19(26(28)29)13(2)9-16/h5-12H,4H2,1-3H3,(H,25,27)(H,22,23,24). The molecule has 0 aliphatic carbocycles. The average Bonchev–Trinajstić information content (AvgIpc) is 2.68. The van der Waals surface area contributed by atoms with E-state index in [4.69, 9.17) is 0 Å². The topological polar surface area (TPSA) is 110 Å². The molecule has 0 bridgehead atoms. The van der Waals surface area contributed by atoms with Gasteiger partial charge in [0.2, 0.25) is 0 Å². The summed E-state index contributed by atoms with van der Waals surface area (Å²) in [7, 11) is 0. The normalized spacial score (nSPS) is 10.4. The summed E-state index contributed by atoms with van der Waals surface area (Å²) >= 11 is 0. The van der Waals surface area contributed by atoms with Crippen LogP contribution < -0.4 is 10.6 Å². The van der Waals surface area contributed by atoms with Crippen LogP contribution in [0, 0.1) is 24.0 Å². The van der Waals surface area contributed by atoms with Gasteiger partial charge in [-0.15, -0.1) is 0 Å². The molecule has 0 aliphatic heterocycles. The first-order valence-electron chi connectivity index (χ1n) is 9.12. The van der Waals surface area contributed by atoms with Crippen molar-refractivity contribution < 1.29 is 9.72 Å². The van der Waals surface area contributed by atoms with Gasteiger partial charge in [0.25, 0.3) is 11.6 Å². The number of hydrogen-bond donors (Lipinski definition) is 2. The van der Waals surface area contributed by atoms with Crippen molar-refractivity contribution in [3.8, 4) is 0 Å². The van der Waals surface area contributed by atoms with Crippen molar-refractivity contribution >= 4 is 28.8 Å². The van der Waals surface area contributed by atoms with E-state index in [1.165, 1.54) is 24.5 Å². The molecule has 1 heterocycles. The van der Waals surface area contributed by atoms with Crippen molar-refractivity contribution in [1.82, 2.24) is 9.97 Å². The van der Waals surface area contributed by atoms with Crippen molar-refractivity contribution in [3.63, 3.8) is 0 Å². The van der Waals surface area contributed by atoms with Crippen molar-refractivity contribution in [3.05, 3.63) is 81.3 Å². The molecule has 0 radical (unpaired) electrons. The molecule has 29 heavy (non-hydrogen) atoms. The van der Waals surface area contributed by atoms with Gasteiger partial charge in [-0.05, 0) is 50.1 Å². The number of nitro groups is 1. The first kappa shape index (κ1) is 19.9. The number of carbonyl (C=O) groups is 1. The van der Waals surface area contributed by atoms with Gasteiger partial charge in [0.1, 0.15) is 12.1 Å². The summed E-state index contributed by atoms with van der Waals surface area (Å²) in [5, 5.41) is 17.1. The Hall–Kier alpha value is -3.81. The lowest BCUT2D eigenvalue weighted by Crippen LogP contribution is -2.14. The highest BCUT2D eigenvalue weighted by atomic mass is 16.6. The van der Waals surface area contributed by atoms with Crippen molar-refractivity contribution in [2.45, 2.75) is 27.2 Å². The Morgan fingerprint density at radius 2 is 1.90 bits per heavy atom. The summed E-state index contributed by atoms with van der Waals surface area (Å²) < 4.78 is 0. The van der Waals surface area contributed by atoms with E-state index < -0.39 is 4.92 Å². The number of amides is 1. The molecule has 2 aromatic carbocycles. The fourth-order valence-electron chi connectivity index (χ4n) is 2.95. The molecular formula is C21H21N5O3. The first-order chi connectivity index (χ1) is 13.9. The van der Waals surface area contributed by atoms with Gasteiger partial charge in [-0.1, -0.05) is 13.0 Å². The van der Waals surface area contributed by atoms with E-state index in [1.807, 2.05) is 38.1 Å². The molecule has 0 aliphatic rings. The molecular weight excluding hydrogens is 370 g/mol. The number of anilines is 3. The van der Waals surface area contributed by atoms with Crippen LogP contribution in [-0.2, 0) is 6.42 Å². The fraction of sp³-hybridized carbons (Fsp3) is 0.190. The number of hydrogen-bond acceptors (Lipinski definition) is 6. The Balaban J connectivity index is 1.84. The summed E-state index contributed by atoms with van der Waals surface area (Å²) in [4.78, 5) is 31.5. The van der Waals surface area contributed by atoms with Gasteiger partial charge in [-0.25, -0.2) is 9.97 Å². The van der Waals surface area contributed by atoms with Crippen molar-refractivity contribution in [2.75, 3.05) is 10.6 Å². The van der Waals surface area contributed by atoms with Gasteiger partial charge in [0.15, 0.2) is 0 Å². The Bertz CT molecular complexity index is 1080. The molecule has 0 fully saturated rings. The second-order valence-corrected chi connectivity index (χ2v) is 6.61.